The lowest BCUT2D eigenvalue weighted by atomic mass is 9.72. The van der Waals surface area contributed by atoms with Crippen molar-refractivity contribution >= 4 is 13.8 Å². The Hall–Kier alpha value is -2.10. The van der Waals surface area contributed by atoms with Crippen LogP contribution in [0, 0.1) is 0 Å². The Balaban J connectivity index is 1.88. The van der Waals surface area contributed by atoms with Gasteiger partial charge in [-0.15, -0.1) is 0 Å². The predicted octanol–water partition coefficient (Wildman–Crippen LogP) is 4.11. The minimum absolute atomic E-state index is 0.174. The van der Waals surface area contributed by atoms with Crippen molar-refractivity contribution in [3.8, 4) is 0 Å². The maximum atomic E-state index is 12.3. The molecule has 0 N–H and O–H groups in total. The van der Waals surface area contributed by atoms with Crippen molar-refractivity contribution in [2.45, 2.75) is 63.9 Å². The third-order valence-electron chi connectivity index (χ3n) is 4.63. The molecule has 0 saturated carbocycles. The maximum Gasteiger partial charge on any atom is 0.306 e. The molecule has 1 heterocycles. The molecule has 3 nitrogen and oxygen atoms in total. The number of hydrogen-bond acceptors (Lipinski definition) is 2. The fraction of sp³-hybridized carbons (Fsp3) is 0.455. The van der Waals surface area contributed by atoms with Crippen LogP contribution >= 0.6 is 0 Å². The normalized spacial score (nSPS) is 15.1. The number of hydrogen-bond donors (Lipinski definition) is 0. The third kappa shape index (κ3) is 6.01. The van der Waals surface area contributed by atoms with Gasteiger partial charge in [0.05, 0.1) is 0 Å². The van der Waals surface area contributed by atoms with Gasteiger partial charge >= 0.3 is 5.97 Å². The van der Waals surface area contributed by atoms with E-state index < -0.39 is 11.0 Å². The monoisotopic (exact) mass is 350 g/mol. The Bertz CT molecular complexity index is 699. The van der Waals surface area contributed by atoms with Crippen LogP contribution in [0.25, 0.3) is 0 Å². The molecule has 2 radical (unpaired) electrons. The standard InChI is InChI=1S/C22H29BNO2/c1-18(19-11-7-5-8-12-19)13-14-20(25)26-21(2,3)17-22(4,23)24-15-9-6-10-16-24/h5-12,15-16,18H,13-14,17H2,1-4H3/q+1. The summed E-state index contributed by atoms with van der Waals surface area (Å²) in [7, 11) is 6.47. The van der Waals surface area contributed by atoms with Gasteiger partial charge in [-0.1, -0.05) is 43.3 Å². The second kappa shape index (κ2) is 8.53. The van der Waals surface area contributed by atoms with Gasteiger partial charge < -0.3 is 4.74 Å². The van der Waals surface area contributed by atoms with Crippen molar-refractivity contribution < 1.29 is 14.1 Å². The second-order valence-electron chi connectivity index (χ2n) is 7.90. The van der Waals surface area contributed by atoms with Gasteiger partial charge in [-0.2, -0.15) is 0 Å². The predicted molar refractivity (Wildman–Crippen MR) is 105 cm³/mol. The van der Waals surface area contributed by atoms with Crippen molar-refractivity contribution in [3.05, 3.63) is 66.5 Å². The number of esters is 1. The van der Waals surface area contributed by atoms with Crippen molar-refractivity contribution in [2.75, 3.05) is 0 Å². The number of carbonyl (C=O) groups is 1. The molecule has 2 rings (SSSR count). The summed E-state index contributed by atoms with van der Waals surface area (Å²) in [6.45, 7) is 7.91. The number of ether oxygens (including phenoxy) is 1. The van der Waals surface area contributed by atoms with Gasteiger partial charge in [0.1, 0.15) is 11.0 Å². The first-order chi connectivity index (χ1) is 12.2. The maximum absolute atomic E-state index is 12.3. The summed E-state index contributed by atoms with van der Waals surface area (Å²) in [4.78, 5) is 12.3. The van der Waals surface area contributed by atoms with E-state index in [-0.39, 0.29) is 5.97 Å². The number of benzene rings is 1. The average Bonchev–Trinajstić information content (AvgIpc) is 2.60. The summed E-state index contributed by atoms with van der Waals surface area (Å²) in [6.07, 6.45) is 5.55. The Morgan fingerprint density at radius 3 is 2.27 bits per heavy atom. The molecule has 0 aliphatic carbocycles. The van der Waals surface area contributed by atoms with Crippen LogP contribution in [-0.2, 0) is 15.0 Å². The average molecular weight is 350 g/mol. The molecule has 136 valence electrons. The van der Waals surface area contributed by atoms with Crippen molar-refractivity contribution in [3.63, 3.8) is 0 Å². The lowest BCUT2D eigenvalue weighted by molar-refractivity contribution is -0.740. The number of carbonyl (C=O) groups excluding carboxylic acids is 1. The zero-order valence-corrected chi connectivity index (χ0v) is 16.3. The number of pyridine rings is 1. The number of nitrogens with zero attached hydrogens (tertiary/aromatic N) is 1. The molecule has 0 fully saturated rings. The summed E-state index contributed by atoms with van der Waals surface area (Å²) >= 11 is 0. The van der Waals surface area contributed by atoms with Crippen LogP contribution in [0.5, 0.6) is 0 Å². The molecule has 0 aliphatic rings. The smallest absolute Gasteiger partial charge is 0.306 e. The van der Waals surface area contributed by atoms with Crippen LogP contribution in [0.1, 0.15) is 58.4 Å². The summed E-state index contributed by atoms with van der Waals surface area (Å²) in [5.41, 5.74) is -0.0310. The first-order valence-electron chi connectivity index (χ1n) is 9.22. The highest BCUT2D eigenvalue weighted by Gasteiger charge is 2.37. The molecule has 1 aromatic carbocycles. The minimum Gasteiger partial charge on any atom is -0.459 e. The molecule has 0 bridgehead atoms. The highest BCUT2D eigenvalue weighted by atomic mass is 16.6. The molecule has 0 saturated heterocycles. The number of aromatic nitrogens is 1. The van der Waals surface area contributed by atoms with E-state index >= 15 is 0 Å². The molecule has 2 atom stereocenters. The molecular formula is C22H29BNO2+. The molecule has 2 unspecified atom stereocenters. The quantitative estimate of drug-likeness (QED) is 0.407. The Morgan fingerprint density at radius 2 is 1.65 bits per heavy atom. The lowest BCUT2D eigenvalue weighted by Crippen LogP contribution is -2.57. The summed E-state index contributed by atoms with van der Waals surface area (Å²) in [5.74, 6) is 0.151. The minimum atomic E-state index is -0.639. The Kier molecular flexibility index (Phi) is 6.63. The SMILES string of the molecule is [B]C(C)(CC(C)(C)OC(=O)CCC(C)c1ccccc1)[n+]1ccccc1. The van der Waals surface area contributed by atoms with Gasteiger partial charge in [-0.3, -0.25) is 4.79 Å². The van der Waals surface area contributed by atoms with Gasteiger partial charge in [0.2, 0.25) is 0 Å². The van der Waals surface area contributed by atoms with Crippen LogP contribution in [0.2, 0.25) is 0 Å². The Morgan fingerprint density at radius 1 is 1.08 bits per heavy atom. The van der Waals surface area contributed by atoms with E-state index in [1.165, 1.54) is 5.56 Å². The molecule has 1 aromatic heterocycles. The highest BCUT2D eigenvalue weighted by molar-refractivity contribution is 6.12. The molecule has 26 heavy (non-hydrogen) atoms. The first kappa shape index (κ1) is 20.2. The zero-order valence-electron chi connectivity index (χ0n) is 16.3. The van der Waals surface area contributed by atoms with E-state index in [9.17, 15) is 4.79 Å². The van der Waals surface area contributed by atoms with E-state index in [2.05, 4.69) is 19.1 Å². The van der Waals surface area contributed by atoms with E-state index in [0.717, 1.165) is 6.42 Å². The summed E-state index contributed by atoms with van der Waals surface area (Å²) in [6, 6.07) is 16.1. The molecule has 0 spiro atoms. The molecule has 4 heteroatoms. The third-order valence-corrected chi connectivity index (χ3v) is 4.63. The van der Waals surface area contributed by atoms with Crippen LogP contribution in [0.4, 0.5) is 0 Å². The van der Waals surface area contributed by atoms with Crippen molar-refractivity contribution in [1.29, 1.82) is 0 Å². The van der Waals surface area contributed by atoms with Gasteiger partial charge in [0.25, 0.3) is 0 Å². The van der Waals surface area contributed by atoms with E-state index in [1.807, 2.05) is 74.1 Å². The molecule has 0 aliphatic heterocycles. The Labute approximate surface area is 158 Å². The number of rotatable bonds is 8. The van der Waals surface area contributed by atoms with Crippen LogP contribution < -0.4 is 4.57 Å². The van der Waals surface area contributed by atoms with Crippen LogP contribution in [-0.4, -0.2) is 19.4 Å². The summed E-state index contributed by atoms with van der Waals surface area (Å²) in [5, 5.41) is 0. The van der Waals surface area contributed by atoms with E-state index in [1.54, 1.807) is 0 Å². The van der Waals surface area contributed by atoms with Gasteiger partial charge in [0, 0.05) is 25.0 Å². The zero-order chi connectivity index (χ0) is 19.2. The highest BCUT2D eigenvalue weighted by Crippen LogP contribution is 2.26. The topological polar surface area (TPSA) is 30.2 Å². The fourth-order valence-electron chi connectivity index (χ4n) is 3.37. The first-order valence-corrected chi connectivity index (χ1v) is 9.22. The second-order valence-corrected chi connectivity index (χ2v) is 7.90. The van der Waals surface area contributed by atoms with Gasteiger partial charge in [0.15, 0.2) is 20.2 Å². The van der Waals surface area contributed by atoms with Crippen LogP contribution in [0.15, 0.2) is 60.9 Å². The summed E-state index contributed by atoms with van der Waals surface area (Å²) < 4.78 is 7.69. The fourth-order valence-corrected chi connectivity index (χ4v) is 3.37. The largest absolute Gasteiger partial charge is 0.459 e. The molecule has 2 aromatic rings. The molecular weight excluding hydrogens is 321 g/mol. The van der Waals surface area contributed by atoms with E-state index in [0.29, 0.717) is 18.8 Å². The van der Waals surface area contributed by atoms with Crippen molar-refractivity contribution in [1.82, 2.24) is 0 Å². The lowest BCUT2D eigenvalue weighted by Gasteiger charge is -2.31. The van der Waals surface area contributed by atoms with Crippen molar-refractivity contribution in [2.24, 2.45) is 0 Å². The van der Waals surface area contributed by atoms with Crippen LogP contribution in [0.3, 0.4) is 0 Å². The molecule has 0 amide bonds. The van der Waals surface area contributed by atoms with Gasteiger partial charge in [-0.05, 0) is 38.7 Å². The van der Waals surface area contributed by atoms with E-state index in [4.69, 9.17) is 12.6 Å². The van der Waals surface area contributed by atoms with Gasteiger partial charge in [-0.25, -0.2) is 4.57 Å².